The van der Waals surface area contributed by atoms with Gasteiger partial charge in [-0.3, -0.25) is 4.79 Å². The summed E-state index contributed by atoms with van der Waals surface area (Å²) < 4.78 is 5.22. The molecule has 1 unspecified atom stereocenters. The smallest absolute Gasteiger partial charge is 0.335 e. The van der Waals surface area contributed by atoms with Crippen molar-refractivity contribution in [1.82, 2.24) is 10.6 Å². The van der Waals surface area contributed by atoms with E-state index >= 15 is 0 Å². The van der Waals surface area contributed by atoms with Crippen molar-refractivity contribution in [3.8, 4) is 0 Å². The zero-order chi connectivity index (χ0) is 24.4. The number of aliphatic hydroxyl groups is 1. The monoisotopic (exact) mass is 482 g/mol. The zero-order valence-electron chi connectivity index (χ0n) is 21.4. The molecule has 5 aliphatic rings. The van der Waals surface area contributed by atoms with E-state index < -0.39 is 5.60 Å². The largest absolute Gasteiger partial charge is 0.431 e. The Labute approximate surface area is 208 Å². The summed E-state index contributed by atoms with van der Waals surface area (Å²) in [6, 6.07) is 3.74. The second kappa shape index (κ2) is 8.44. The average Bonchev–Trinajstić information content (AvgIpc) is 3.47. The third-order valence-electron chi connectivity index (χ3n) is 11.8. The van der Waals surface area contributed by atoms with Crippen molar-refractivity contribution in [2.45, 2.75) is 95.6 Å². The zero-order valence-corrected chi connectivity index (χ0v) is 21.4. The summed E-state index contributed by atoms with van der Waals surface area (Å²) in [7, 11) is 0. The first-order valence-corrected chi connectivity index (χ1v) is 14.1. The summed E-state index contributed by atoms with van der Waals surface area (Å²) in [6.45, 7) is 6.56. The van der Waals surface area contributed by atoms with Crippen LogP contribution in [0.4, 0.5) is 0 Å². The maximum Gasteiger partial charge on any atom is 0.335 e. The van der Waals surface area contributed by atoms with Crippen LogP contribution < -0.4 is 16.3 Å². The van der Waals surface area contributed by atoms with Crippen molar-refractivity contribution < 1.29 is 14.3 Å². The Morgan fingerprint density at radius 3 is 2.66 bits per heavy atom. The first kappa shape index (κ1) is 23.7. The van der Waals surface area contributed by atoms with Gasteiger partial charge in [0.05, 0.1) is 17.8 Å². The predicted octanol–water partition coefficient (Wildman–Crippen LogP) is 3.98. The van der Waals surface area contributed by atoms with Gasteiger partial charge in [0.25, 0.3) is 0 Å². The molecule has 4 aliphatic carbocycles. The third-order valence-corrected chi connectivity index (χ3v) is 11.8. The van der Waals surface area contributed by atoms with Gasteiger partial charge in [0, 0.05) is 24.1 Å². The lowest BCUT2D eigenvalue weighted by Crippen LogP contribution is -2.62. The fraction of sp³-hybridized carbons (Fsp3) is 0.793. The molecule has 4 saturated carbocycles. The maximum atomic E-state index is 12.7. The lowest BCUT2D eigenvalue weighted by molar-refractivity contribution is -0.202. The SMILES string of the molecule is C[C@]12CC[C@H](NC(=O)C3CCNC3)C[C@H]1CC[C@@H]1[C@@H]2CC[C@]2(C)[C@@H](c3ccc(=O)oc3)CC[C@]12O. The van der Waals surface area contributed by atoms with Gasteiger partial charge in [-0.05, 0) is 111 Å². The molecule has 0 bridgehead atoms. The molecular formula is C29H42N2O4. The minimum atomic E-state index is -0.661. The molecule has 35 heavy (non-hydrogen) atoms. The van der Waals surface area contributed by atoms with Gasteiger partial charge in [-0.25, -0.2) is 4.79 Å². The summed E-state index contributed by atoms with van der Waals surface area (Å²) in [4.78, 5) is 24.3. The molecule has 3 N–H and O–H groups in total. The molecule has 6 nitrogen and oxygen atoms in total. The molecule has 2 heterocycles. The summed E-state index contributed by atoms with van der Waals surface area (Å²) in [5.74, 6) is 2.12. The number of carbonyl (C=O) groups excluding carboxylic acids is 1. The van der Waals surface area contributed by atoms with Gasteiger partial charge in [-0.2, -0.15) is 0 Å². The normalized spacial score (nSPS) is 46.9. The standard InChI is InChI=1S/C29H42N2O4/c1-27-11-7-21(31-26(33)18-10-14-30-16-18)15-20(27)4-5-24-23(27)8-12-28(2)22(9-13-29(24,28)34)19-3-6-25(32)35-17-19/h3,6,17-18,20-24,30,34H,4-5,7-16H2,1-2H3,(H,31,33)/t18?,20-,21+,22-,23+,24-,27+,28-,29+/m1/s1. The third kappa shape index (κ3) is 3.57. The van der Waals surface area contributed by atoms with E-state index in [4.69, 9.17) is 4.42 Å². The van der Waals surface area contributed by atoms with E-state index in [9.17, 15) is 14.7 Å². The number of amides is 1. The van der Waals surface area contributed by atoms with Crippen LogP contribution in [-0.4, -0.2) is 35.7 Å². The minimum absolute atomic E-state index is 0.136. The van der Waals surface area contributed by atoms with Crippen LogP contribution in [0.3, 0.4) is 0 Å². The topological polar surface area (TPSA) is 91.6 Å². The fourth-order valence-electron chi connectivity index (χ4n) is 9.66. The van der Waals surface area contributed by atoms with Crippen molar-refractivity contribution in [2.24, 2.45) is 34.5 Å². The van der Waals surface area contributed by atoms with E-state index in [1.165, 1.54) is 6.07 Å². The molecule has 1 amide bonds. The Morgan fingerprint density at radius 2 is 1.91 bits per heavy atom. The van der Waals surface area contributed by atoms with Gasteiger partial charge in [-0.1, -0.05) is 13.8 Å². The lowest BCUT2D eigenvalue weighted by atomic mass is 9.43. The number of carbonyl (C=O) groups is 1. The minimum Gasteiger partial charge on any atom is -0.431 e. The van der Waals surface area contributed by atoms with Crippen molar-refractivity contribution in [3.63, 3.8) is 0 Å². The summed E-state index contributed by atoms with van der Waals surface area (Å²) >= 11 is 0. The number of fused-ring (bicyclic) bond motifs is 5. The van der Waals surface area contributed by atoms with Gasteiger partial charge < -0.3 is 20.2 Å². The molecule has 0 radical (unpaired) electrons. The van der Waals surface area contributed by atoms with Crippen molar-refractivity contribution in [2.75, 3.05) is 13.1 Å². The summed E-state index contributed by atoms with van der Waals surface area (Å²) in [5, 5.41) is 19.1. The fourth-order valence-corrected chi connectivity index (χ4v) is 9.66. The second-order valence-corrected chi connectivity index (χ2v) is 13.0. The van der Waals surface area contributed by atoms with Crippen LogP contribution in [0, 0.1) is 34.5 Å². The highest BCUT2D eigenvalue weighted by Crippen LogP contribution is 2.70. The van der Waals surface area contributed by atoms with Crippen LogP contribution in [0.5, 0.6) is 0 Å². The number of nitrogens with one attached hydrogen (secondary N) is 2. The van der Waals surface area contributed by atoms with Crippen LogP contribution >= 0.6 is 0 Å². The van der Waals surface area contributed by atoms with Crippen LogP contribution in [-0.2, 0) is 4.79 Å². The lowest BCUT2D eigenvalue weighted by Gasteiger charge is -2.63. The molecule has 6 rings (SSSR count). The van der Waals surface area contributed by atoms with E-state index in [2.05, 4.69) is 24.5 Å². The highest BCUT2D eigenvalue weighted by Gasteiger charge is 2.67. The van der Waals surface area contributed by atoms with Gasteiger partial charge in [0.1, 0.15) is 0 Å². The summed E-state index contributed by atoms with van der Waals surface area (Å²) in [6.07, 6.45) is 12.1. The molecule has 192 valence electrons. The van der Waals surface area contributed by atoms with Gasteiger partial charge in [0.2, 0.25) is 5.91 Å². The van der Waals surface area contributed by atoms with E-state index in [0.717, 1.165) is 82.9 Å². The molecule has 5 fully saturated rings. The Balaban J connectivity index is 1.19. The van der Waals surface area contributed by atoms with Crippen LogP contribution in [0.25, 0.3) is 0 Å². The van der Waals surface area contributed by atoms with E-state index in [1.54, 1.807) is 6.26 Å². The molecule has 0 spiro atoms. The molecule has 1 aliphatic heterocycles. The highest BCUT2D eigenvalue weighted by molar-refractivity contribution is 5.79. The first-order chi connectivity index (χ1) is 16.7. The van der Waals surface area contributed by atoms with Crippen LogP contribution in [0.15, 0.2) is 27.6 Å². The summed E-state index contributed by atoms with van der Waals surface area (Å²) in [5.41, 5.74) is 0.153. The molecule has 1 aromatic heterocycles. The number of hydrogen-bond acceptors (Lipinski definition) is 5. The van der Waals surface area contributed by atoms with Gasteiger partial charge in [0.15, 0.2) is 0 Å². The molecule has 9 atom stereocenters. The van der Waals surface area contributed by atoms with Gasteiger partial charge in [-0.15, -0.1) is 0 Å². The number of hydrogen-bond donors (Lipinski definition) is 3. The molecule has 6 heteroatoms. The van der Waals surface area contributed by atoms with E-state index in [1.807, 2.05) is 6.07 Å². The average molecular weight is 483 g/mol. The van der Waals surface area contributed by atoms with Crippen molar-refractivity contribution in [3.05, 3.63) is 34.4 Å². The van der Waals surface area contributed by atoms with E-state index in [0.29, 0.717) is 23.8 Å². The first-order valence-electron chi connectivity index (χ1n) is 14.1. The molecule has 0 aromatic carbocycles. The Bertz CT molecular complexity index is 1010. The molecular weight excluding hydrogens is 440 g/mol. The Morgan fingerprint density at radius 1 is 1.06 bits per heavy atom. The van der Waals surface area contributed by atoms with Crippen molar-refractivity contribution >= 4 is 5.91 Å². The quantitative estimate of drug-likeness (QED) is 0.606. The van der Waals surface area contributed by atoms with E-state index in [-0.39, 0.29) is 34.2 Å². The predicted molar refractivity (Wildman–Crippen MR) is 134 cm³/mol. The number of rotatable bonds is 3. The van der Waals surface area contributed by atoms with Crippen LogP contribution in [0.2, 0.25) is 0 Å². The highest BCUT2D eigenvalue weighted by atomic mass is 16.4. The van der Waals surface area contributed by atoms with Gasteiger partial charge >= 0.3 is 5.63 Å². The Kier molecular flexibility index (Phi) is 5.72. The molecule has 1 saturated heterocycles. The Hall–Kier alpha value is -1.66. The van der Waals surface area contributed by atoms with Crippen LogP contribution in [0.1, 0.15) is 89.5 Å². The van der Waals surface area contributed by atoms with Crippen molar-refractivity contribution in [1.29, 1.82) is 0 Å². The second-order valence-electron chi connectivity index (χ2n) is 13.0. The maximum absolute atomic E-state index is 12.7. The molecule has 1 aromatic rings.